The molecule has 1 aromatic carbocycles. The van der Waals surface area contributed by atoms with Crippen molar-refractivity contribution < 1.29 is 0 Å². The standard InChI is InChI=1S/C22H20BrN5S/c23-20-8-7-17(29-20)15-27-10-12-28(13-11-27)22-18-5-1-2-6-19(18)25-21(26-22)16-4-3-9-24-14-16/h1-9,14H,10-13,15H2. The minimum atomic E-state index is 0.734. The first-order valence-corrected chi connectivity index (χ1v) is 11.3. The fourth-order valence-corrected chi connectivity index (χ4v) is 5.23. The summed E-state index contributed by atoms with van der Waals surface area (Å²) in [5.74, 6) is 1.76. The molecule has 0 unspecified atom stereocenters. The molecule has 146 valence electrons. The van der Waals surface area contributed by atoms with Crippen LogP contribution in [0.2, 0.25) is 0 Å². The third kappa shape index (κ3) is 4.03. The van der Waals surface area contributed by atoms with E-state index in [0.29, 0.717) is 0 Å². The van der Waals surface area contributed by atoms with Gasteiger partial charge in [0.05, 0.1) is 9.30 Å². The summed E-state index contributed by atoms with van der Waals surface area (Å²) in [4.78, 5) is 20.3. The smallest absolute Gasteiger partial charge is 0.163 e. The number of para-hydroxylation sites is 1. The van der Waals surface area contributed by atoms with Crippen LogP contribution in [0.1, 0.15) is 4.88 Å². The average molecular weight is 466 g/mol. The Morgan fingerprint density at radius 2 is 1.79 bits per heavy atom. The number of thiophene rings is 1. The predicted molar refractivity (Wildman–Crippen MR) is 122 cm³/mol. The van der Waals surface area contributed by atoms with Crippen molar-refractivity contribution in [3.8, 4) is 11.4 Å². The lowest BCUT2D eigenvalue weighted by atomic mass is 10.2. The normalized spacial score (nSPS) is 15.1. The summed E-state index contributed by atoms with van der Waals surface area (Å²) in [7, 11) is 0. The highest BCUT2D eigenvalue weighted by Crippen LogP contribution is 2.29. The number of hydrogen-bond acceptors (Lipinski definition) is 6. The third-order valence-electron chi connectivity index (χ3n) is 5.18. The largest absolute Gasteiger partial charge is 0.353 e. The van der Waals surface area contributed by atoms with Crippen molar-refractivity contribution in [2.24, 2.45) is 0 Å². The Morgan fingerprint density at radius 3 is 2.55 bits per heavy atom. The van der Waals surface area contributed by atoms with E-state index in [1.807, 2.05) is 35.7 Å². The molecule has 1 fully saturated rings. The SMILES string of the molecule is Brc1ccc(CN2CCN(c3nc(-c4cccnc4)nc4ccccc34)CC2)s1. The molecule has 29 heavy (non-hydrogen) atoms. The van der Waals surface area contributed by atoms with Gasteiger partial charge in [-0.3, -0.25) is 9.88 Å². The van der Waals surface area contributed by atoms with E-state index in [0.717, 1.165) is 60.8 Å². The van der Waals surface area contributed by atoms with E-state index in [1.165, 1.54) is 8.66 Å². The number of rotatable bonds is 4. The Labute approximate surface area is 182 Å². The van der Waals surface area contributed by atoms with Crippen LogP contribution in [-0.4, -0.2) is 46.0 Å². The molecule has 1 aliphatic rings. The van der Waals surface area contributed by atoms with Gasteiger partial charge in [0.1, 0.15) is 5.82 Å². The van der Waals surface area contributed by atoms with Crippen molar-refractivity contribution in [1.82, 2.24) is 19.9 Å². The molecule has 5 rings (SSSR count). The second kappa shape index (κ2) is 8.18. The highest BCUT2D eigenvalue weighted by Gasteiger charge is 2.21. The summed E-state index contributed by atoms with van der Waals surface area (Å²) < 4.78 is 1.20. The van der Waals surface area contributed by atoms with E-state index in [1.54, 1.807) is 6.20 Å². The van der Waals surface area contributed by atoms with E-state index in [4.69, 9.17) is 9.97 Å². The van der Waals surface area contributed by atoms with Gasteiger partial charge in [0.25, 0.3) is 0 Å². The second-order valence-electron chi connectivity index (χ2n) is 7.10. The molecule has 1 aliphatic heterocycles. The number of benzene rings is 1. The molecule has 1 saturated heterocycles. The second-order valence-corrected chi connectivity index (χ2v) is 9.65. The molecule has 0 spiro atoms. The Bertz CT molecular complexity index is 1120. The van der Waals surface area contributed by atoms with Crippen molar-refractivity contribution in [3.63, 3.8) is 0 Å². The number of nitrogens with zero attached hydrogens (tertiary/aromatic N) is 5. The van der Waals surface area contributed by atoms with Crippen molar-refractivity contribution >= 4 is 44.0 Å². The molecule has 0 amide bonds. The van der Waals surface area contributed by atoms with Crippen LogP contribution in [0, 0.1) is 0 Å². The van der Waals surface area contributed by atoms with Gasteiger partial charge in [0.2, 0.25) is 0 Å². The number of piperazine rings is 1. The summed E-state index contributed by atoms with van der Waals surface area (Å²) in [6.45, 7) is 4.97. The molecular weight excluding hydrogens is 446 g/mol. The van der Waals surface area contributed by atoms with Crippen LogP contribution >= 0.6 is 27.3 Å². The minimum absolute atomic E-state index is 0.734. The molecule has 0 bridgehead atoms. The summed E-state index contributed by atoms with van der Waals surface area (Å²) in [6.07, 6.45) is 3.60. The van der Waals surface area contributed by atoms with Crippen LogP contribution in [0.3, 0.4) is 0 Å². The fourth-order valence-electron chi connectivity index (χ4n) is 3.70. The third-order valence-corrected chi connectivity index (χ3v) is 6.79. The number of fused-ring (bicyclic) bond motifs is 1. The van der Waals surface area contributed by atoms with Crippen molar-refractivity contribution in [1.29, 1.82) is 0 Å². The van der Waals surface area contributed by atoms with Crippen LogP contribution in [-0.2, 0) is 6.54 Å². The summed E-state index contributed by atoms with van der Waals surface area (Å²) in [5, 5.41) is 1.11. The Kier molecular flexibility index (Phi) is 5.26. The van der Waals surface area contributed by atoms with Crippen LogP contribution < -0.4 is 4.90 Å². The van der Waals surface area contributed by atoms with Gasteiger partial charge in [-0.05, 0) is 52.3 Å². The van der Waals surface area contributed by atoms with Gasteiger partial charge < -0.3 is 4.90 Å². The maximum Gasteiger partial charge on any atom is 0.163 e. The summed E-state index contributed by atoms with van der Waals surface area (Å²) in [6, 6.07) is 16.5. The van der Waals surface area contributed by atoms with Gasteiger partial charge in [-0.25, -0.2) is 9.97 Å². The lowest BCUT2D eigenvalue weighted by Gasteiger charge is -2.35. The van der Waals surface area contributed by atoms with Gasteiger partial charge in [-0.2, -0.15) is 0 Å². The number of pyridine rings is 1. The molecule has 5 nitrogen and oxygen atoms in total. The quantitative estimate of drug-likeness (QED) is 0.431. The van der Waals surface area contributed by atoms with Crippen LogP contribution in [0.4, 0.5) is 5.82 Å². The van der Waals surface area contributed by atoms with Gasteiger partial charge in [0.15, 0.2) is 5.82 Å². The fraction of sp³-hybridized carbons (Fsp3) is 0.227. The molecule has 0 radical (unpaired) electrons. The van der Waals surface area contributed by atoms with E-state index >= 15 is 0 Å². The van der Waals surface area contributed by atoms with Crippen LogP contribution in [0.5, 0.6) is 0 Å². The van der Waals surface area contributed by atoms with Gasteiger partial charge in [0, 0.05) is 60.9 Å². The molecule has 0 atom stereocenters. The monoisotopic (exact) mass is 465 g/mol. The maximum absolute atomic E-state index is 4.96. The maximum atomic E-state index is 4.96. The Hall–Kier alpha value is -2.35. The Balaban J connectivity index is 1.41. The molecule has 0 aliphatic carbocycles. The zero-order valence-corrected chi connectivity index (χ0v) is 18.2. The first-order chi connectivity index (χ1) is 14.3. The van der Waals surface area contributed by atoms with E-state index in [2.05, 4.69) is 61.0 Å². The molecule has 7 heteroatoms. The summed E-state index contributed by atoms with van der Waals surface area (Å²) in [5.41, 5.74) is 1.92. The topological polar surface area (TPSA) is 45.2 Å². The average Bonchev–Trinajstić information content (AvgIpc) is 3.18. The van der Waals surface area contributed by atoms with Crippen molar-refractivity contribution in [3.05, 3.63) is 69.6 Å². The number of halogens is 1. The van der Waals surface area contributed by atoms with Gasteiger partial charge >= 0.3 is 0 Å². The highest BCUT2D eigenvalue weighted by molar-refractivity contribution is 9.11. The van der Waals surface area contributed by atoms with Crippen LogP contribution in [0.25, 0.3) is 22.3 Å². The number of aromatic nitrogens is 3. The van der Waals surface area contributed by atoms with Gasteiger partial charge in [-0.15, -0.1) is 11.3 Å². The predicted octanol–water partition coefficient (Wildman–Crippen LogP) is 4.84. The van der Waals surface area contributed by atoms with Crippen molar-refractivity contribution in [2.45, 2.75) is 6.54 Å². The molecule has 0 N–H and O–H groups in total. The molecular formula is C22H20BrN5S. The highest BCUT2D eigenvalue weighted by atomic mass is 79.9. The first kappa shape index (κ1) is 18.7. The van der Waals surface area contributed by atoms with Crippen LogP contribution in [0.15, 0.2) is 64.7 Å². The molecule has 4 heterocycles. The first-order valence-electron chi connectivity index (χ1n) is 9.65. The van der Waals surface area contributed by atoms with Crippen molar-refractivity contribution in [2.75, 3.05) is 31.1 Å². The Morgan fingerprint density at radius 1 is 0.931 bits per heavy atom. The number of anilines is 1. The molecule has 3 aromatic heterocycles. The van der Waals surface area contributed by atoms with E-state index in [-0.39, 0.29) is 0 Å². The van der Waals surface area contributed by atoms with E-state index < -0.39 is 0 Å². The molecule has 0 saturated carbocycles. The minimum Gasteiger partial charge on any atom is -0.353 e. The zero-order valence-electron chi connectivity index (χ0n) is 15.8. The number of hydrogen-bond donors (Lipinski definition) is 0. The molecule has 4 aromatic rings. The lowest BCUT2D eigenvalue weighted by molar-refractivity contribution is 0.251. The summed E-state index contributed by atoms with van der Waals surface area (Å²) >= 11 is 5.37. The van der Waals surface area contributed by atoms with Gasteiger partial charge in [-0.1, -0.05) is 12.1 Å². The van der Waals surface area contributed by atoms with E-state index in [9.17, 15) is 0 Å². The zero-order chi connectivity index (χ0) is 19.6. The lowest BCUT2D eigenvalue weighted by Crippen LogP contribution is -2.46.